The molecule has 3 aromatic heterocycles. The number of aliphatic hydroxyl groups is 3. The predicted molar refractivity (Wildman–Crippen MR) is 184 cm³/mol. The molecule has 21 nitrogen and oxygen atoms in total. The zero-order chi connectivity index (χ0) is 37.5. The van der Waals surface area contributed by atoms with Crippen LogP contribution in [0.15, 0.2) is 41.8 Å². The van der Waals surface area contributed by atoms with Crippen molar-refractivity contribution in [3.8, 4) is 0 Å². The first kappa shape index (κ1) is 37.2. The Morgan fingerprint density at radius 2 is 1.87 bits per heavy atom. The Morgan fingerprint density at radius 1 is 1.12 bits per heavy atom. The molecule has 52 heavy (non-hydrogen) atoms. The molecule has 21 heteroatoms. The molecular formula is C31H38N12O9. The van der Waals surface area contributed by atoms with E-state index in [1.165, 1.54) is 18.5 Å². The van der Waals surface area contributed by atoms with Crippen LogP contribution in [0, 0.1) is 0 Å². The number of fused-ring (bicyclic) bond motifs is 2. The number of aromatic nitrogens is 6. The molecule has 5 atom stereocenters. The third kappa shape index (κ3) is 8.81. The van der Waals surface area contributed by atoms with E-state index < -0.39 is 48.4 Å². The van der Waals surface area contributed by atoms with Gasteiger partial charge in [-0.1, -0.05) is 0 Å². The van der Waals surface area contributed by atoms with E-state index >= 15 is 0 Å². The maximum absolute atomic E-state index is 12.4. The molecule has 0 saturated carbocycles. The Kier molecular flexibility index (Phi) is 11.7. The smallest absolute Gasteiger partial charge is 0.326 e. The van der Waals surface area contributed by atoms with E-state index in [2.05, 4.69) is 40.5 Å². The molecule has 276 valence electrons. The summed E-state index contributed by atoms with van der Waals surface area (Å²) in [6.45, 7) is 0.394. The van der Waals surface area contributed by atoms with Gasteiger partial charge in [0.25, 0.3) is 5.91 Å². The van der Waals surface area contributed by atoms with Gasteiger partial charge in [0.05, 0.1) is 50.4 Å². The highest BCUT2D eigenvalue weighted by Crippen LogP contribution is 2.34. The van der Waals surface area contributed by atoms with Gasteiger partial charge in [-0.2, -0.15) is 9.97 Å². The lowest BCUT2D eigenvalue weighted by Crippen LogP contribution is -2.41. The first-order chi connectivity index (χ1) is 24.8. The lowest BCUT2D eigenvalue weighted by molar-refractivity contribution is -0.140. The summed E-state index contributed by atoms with van der Waals surface area (Å²) in [5.41, 5.74) is 14.2. The van der Waals surface area contributed by atoms with Crippen LogP contribution in [0.5, 0.6) is 0 Å². The third-order valence-corrected chi connectivity index (χ3v) is 8.12. The van der Waals surface area contributed by atoms with Crippen molar-refractivity contribution in [2.75, 3.05) is 41.9 Å². The van der Waals surface area contributed by atoms with Crippen molar-refractivity contribution in [3.63, 3.8) is 0 Å². The number of ether oxygens (including phenoxy) is 1. The van der Waals surface area contributed by atoms with Crippen LogP contribution < -0.4 is 27.0 Å². The highest BCUT2D eigenvalue weighted by atomic mass is 16.5. The molecule has 6 rings (SSSR count). The topological polar surface area (TPSA) is 323 Å². The number of imidazole rings is 1. The molecule has 11 N–H and O–H groups in total. The number of aliphatic imine (C=N–C) groups is 1. The van der Waals surface area contributed by atoms with Gasteiger partial charge >= 0.3 is 11.9 Å². The van der Waals surface area contributed by atoms with Gasteiger partial charge < -0.3 is 57.3 Å². The standard InChI is InChI=1S/C20H22N8O5.C11H16N4O4/c1-28(9-11-8-23-17-15(24-11)16(21)26-20(22)27-17)12-4-2-10(3-5-12)18(31)25-13(19(32)33)6-7-14(29)30;16-3-8-6(17)1-9(19-8)15-5-14-10-7(18)2-12-4-13-11(10)15/h2-5,8,13H,6-7,9H2,1H3,(H,25,31)(H,29,30)(H,32,33)(H4,21,22,23,26,27);4-9,16-18H,1-3H2,(H,12,13)/t;6-,7+,8+,9+/m.0/s1. The number of nitrogens with zero attached hydrogens (tertiary/aromatic N) is 8. The molecule has 1 amide bonds. The third-order valence-electron chi connectivity index (χ3n) is 8.12. The lowest BCUT2D eigenvalue weighted by atomic mass is 10.1. The molecule has 5 heterocycles. The van der Waals surface area contributed by atoms with Crippen molar-refractivity contribution in [2.45, 2.75) is 56.4 Å². The quantitative estimate of drug-likeness (QED) is 0.0922. The summed E-state index contributed by atoms with van der Waals surface area (Å²) in [5, 5.41) is 51.9. The number of hydrogen-bond acceptors (Lipinski definition) is 17. The SMILES string of the molecule is CN(Cc1cnc2nc(N)nc(N)c2n1)c1ccc(C(=O)NC(CCC(=O)O)C(=O)O)cc1.OC[C@H]1O[C@@H](n2cnc3c2NC=NC[C@H]3O)C[C@@H]1O. The number of carboxylic acids is 2. The number of nitrogens with one attached hydrogen (secondary N) is 2. The van der Waals surface area contributed by atoms with Gasteiger partial charge in [-0.25, -0.2) is 19.7 Å². The fourth-order valence-corrected chi connectivity index (χ4v) is 5.41. The summed E-state index contributed by atoms with van der Waals surface area (Å²) in [6.07, 6.45) is 1.90. The minimum Gasteiger partial charge on any atom is -0.481 e. The minimum absolute atomic E-state index is 0.0138. The Labute approximate surface area is 295 Å². The molecule has 0 spiro atoms. The first-order valence-corrected chi connectivity index (χ1v) is 15.9. The van der Waals surface area contributed by atoms with E-state index in [0.29, 0.717) is 41.3 Å². The monoisotopic (exact) mass is 722 g/mol. The number of carbonyl (C=O) groups excluding carboxylic acids is 1. The number of nitrogens with two attached hydrogens (primary N) is 2. The van der Waals surface area contributed by atoms with Crippen molar-refractivity contribution in [1.82, 2.24) is 34.8 Å². The molecule has 1 unspecified atom stereocenters. The van der Waals surface area contributed by atoms with Crippen LogP contribution in [0.4, 0.5) is 23.3 Å². The summed E-state index contributed by atoms with van der Waals surface area (Å²) in [5.74, 6) is -2.31. The molecule has 0 radical (unpaired) electrons. The zero-order valence-corrected chi connectivity index (χ0v) is 27.8. The molecule has 1 saturated heterocycles. The van der Waals surface area contributed by atoms with E-state index in [4.69, 9.17) is 26.4 Å². The Morgan fingerprint density at radius 3 is 2.54 bits per heavy atom. The Balaban J connectivity index is 0.000000231. The number of carbonyl (C=O) groups is 3. The van der Waals surface area contributed by atoms with Gasteiger partial charge in [0.1, 0.15) is 36.0 Å². The molecule has 4 aromatic rings. The molecule has 1 aromatic carbocycles. The van der Waals surface area contributed by atoms with Crippen molar-refractivity contribution in [3.05, 3.63) is 53.7 Å². The number of benzene rings is 1. The van der Waals surface area contributed by atoms with E-state index in [9.17, 15) is 29.7 Å². The Bertz CT molecular complexity index is 1940. The molecule has 2 aliphatic rings. The second-order valence-corrected chi connectivity index (χ2v) is 11.9. The number of aliphatic hydroxyl groups excluding tert-OH is 3. The largest absolute Gasteiger partial charge is 0.481 e. The van der Waals surface area contributed by atoms with Crippen molar-refractivity contribution in [2.24, 2.45) is 4.99 Å². The van der Waals surface area contributed by atoms with Crippen molar-refractivity contribution in [1.29, 1.82) is 0 Å². The van der Waals surface area contributed by atoms with Crippen molar-refractivity contribution >= 4 is 58.6 Å². The summed E-state index contributed by atoms with van der Waals surface area (Å²) in [7, 11) is 1.82. The summed E-state index contributed by atoms with van der Waals surface area (Å²) in [4.78, 5) is 60.8. The first-order valence-electron chi connectivity index (χ1n) is 15.9. The van der Waals surface area contributed by atoms with Gasteiger partial charge in [-0.05, 0) is 30.7 Å². The van der Waals surface area contributed by atoms with E-state index in [-0.39, 0.29) is 43.3 Å². The van der Waals surface area contributed by atoms with E-state index in [1.807, 2.05) is 11.9 Å². The van der Waals surface area contributed by atoms with Crippen LogP contribution in [-0.4, -0.2) is 118 Å². The van der Waals surface area contributed by atoms with Crippen LogP contribution in [0.2, 0.25) is 0 Å². The van der Waals surface area contributed by atoms with Crippen LogP contribution in [0.25, 0.3) is 11.2 Å². The van der Waals surface area contributed by atoms with Crippen LogP contribution >= 0.6 is 0 Å². The maximum Gasteiger partial charge on any atom is 0.326 e. The van der Waals surface area contributed by atoms with Gasteiger partial charge in [-0.3, -0.25) is 19.1 Å². The fraction of sp³-hybridized carbons (Fsp3) is 0.387. The van der Waals surface area contributed by atoms with Crippen LogP contribution in [0.1, 0.15) is 53.3 Å². The van der Waals surface area contributed by atoms with Gasteiger partial charge in [-0.15, -0.1) is 0 Å². The van der Waals surface area contributed by atoms with Gasteiger partial charge in [0, 0.05) is 31.1 Å². The normalized spacial score (nSPS) is 19.8. The molecule has 0 bridgehead atoms. The van der Waals surface area contributed by atoms with Gasteiger partial charge in [0.15, 0.2) is 17.0 Å². The lowest BCUT2D eigenvalue weighted by Gasteiger charge is -2.19. The molecule has 0 aliphatic carbocycles. The average Bonchev–Trinajstić information content (AvgIpc) is 3.66. The number of nitrogen functional groups attached to an aromatic ring is 2. The molecule has 1 fully saturated rings. The highest BCUT2D eigenvalue weighted by Gasteiger charge is 2.36. The van der Waals surface area contributed by atoms with Crippen molar-refractivity contribution < 1.29 is 44.7 Å². The zero-order valence-electron chi connectivity index (χ0n) is 27.8. The maximum atomic E-state index is 12.4. The Hall–Kier alpha value is -6.03. The van der Waals surface area contributed by atoms with Crippen LogP contribution in [-0.2, 0) is 20.9 Å². The average molecular weight is 723 g/mol. The second kappa shape index (κ2) is 16.3. The number of hydrogen-bond donors (Lipinski definition) is 9. The van der Waals surface area contributed by atoms with Gasteiger partial charge in [0.2, 0.25) is 5.95 Å². The van der Waals surface area contributed by atoms with E-state index in [1.54, 1.807) is 29.2 Å². The molecule has 2 aliphatic heterocycles. The minimum atomic E-state index is -1.30. The summed E-state index contributed by atoms with van der Waals surface area (Å²) >= 11 is 0. The number of anilines is 4. The number of carboxylic acid groups (broad SMARTS) is 2. The number of amides is 1. The summed E-state index contributed by atoms with van der Waals surface area (Å²) in [6, 6.07) is 5.16. The number of rotatable bonds is 11. The summed E-state index contributed by atoms with van der Waals surface area (Å²) < 4.78 is 7.27. The fourth-order valence-electron chi connectivity index (χ4n) is 5.41. The van der Waals surface area contributed by atoms with E-state index in [0.717, 1.165) is 5.69 Å². The second-order valence-electron chi connectivity index (χ2n) is 11.9. The molecular weight excluding hydrogens is 684 g/mol. The predicted octanol–water partition coefficient (Wildman–Crippen LogP) is -0.721. The van der Waals surface area contributed by atoms with Crippen LogP contribution in [0.3, 0.4) is 0 Å². The highest BCUT2D eigenvalue weighted by molar-refractivity contribution is 5.97. The number of aliphatic carboxylic acids is 2.